The van der Waals surface area contributed by atoms with Gasteiger partial charge < -0.3 is 10.6 Å². The maximum atomic E-state index is 12.8. The minimum Gasteiger partial charge on any atom is -0.340 e. The van der Waals surface area contributed by atoms with Crippen molar-refractivity contribution >= 4 is 34.0 Å². The summed E-state index contributed by atoms with van der Waals surface area (Å²) in [6.07, 6.45) is 0.904. The lowest BCUT2D eigenvalue weighted by atomic mass is 10.1. The molecule has 1 amide bonds. The van der Waals surface area contributed by atoms with Crippen LogP contribution in [0.15, 0.2) is 78.9 Å². The summed E-state index contributed by atoms with van der Waals surface area (Å²) in [5, 5.41) is 7.05. The van der Waals surface area contributed by atoms with E-state index in [4.69, 9.17) is 0 Å². The van der Waals surface area contributed by atoms with Crippen molar-refractivity contribution in [3.63, 3.8) is 0 Å². The van der Waals surface area contributed by atoms with Crippen LogP contribution in [0, 0.1) is 0 Å². The van der Waals surface area contributed by atoms with E-state index in [-0.39, 0.29) is 11.7 Å². The Bertz CT molecular complexity index is 1130. The summed E-state index contributed by atoms with van der Waals surface area (Å²) in [6, 6.07) is 25.2. The van der Waals surface area contributed by atoms with Gasteiger partial charge in [-0.15, -0.1) is 0 Å². The fourth-order valence-electron chi connectivity index (χ4n) is 2.99. The van der Waals surface area contributed by atoms with Crippen molar-refractivity contribution in [3.05, 3.63) is 90.3 Å². The average molecular weight is 368 g/mol. The molecule has 0 aliphatic rings. The number of benzene rings is 3. The molecule has 2 N–H and O–H groups in total. The van der Waals surface area contributed by atoms with Crippen LogP contribution in [0.5, 0.6) is 0 Å². The Kier molecular flexibility index (Phi) is 4.97. The molecule has 0 atom stereocenters. The number of nitrogens with one attached hydrogen (secondary N) is 2. The highest BCUT2D eigenvalue weighted by molar-refractivity contribution is 6.04. The number of nitrogens with zero attached hydrogens (tertiary/aromatic N) is 2. The summed E-state index contributed by atoms with van der Waals surface area (Å²) in [4.78, 5) is 21.8. The van der Waals surface area contributed by atoms with E-state index in [1.54, 1.807) is 0 Å². The molecule has 0 spiro atoms. The van der Waals surface area contributed by atoms with Gasteiger partial charge in [0.1, 0.15) is 5.82 Å². The lowest BCUT2D eigenvalue weighted by molar-refractivity contribution is 0.101. The molecule has 0 fully saturated rings. The predicted molar refractivity (Wildman–Crippen MR) is 113 cm³/mol. The third kappa shape index (κ3) is 3.83. The van der Waals surface area contributed by atoms with E-state index < -0.39 is 0 Å². The highest BCUT2D eigenvalue weighted by Gasteiger charge is 2.14. The second kappa shape index (κ2) is 7.88. The molecule has 0 aliphatic carbocycles. The summed E-state index contributed by atoms with van der Waals surface area (Å²) in [5.74, 6) is 0.387. The average Bonchev–Trinajstić information content (AvgIpc) is 2.74. The molecule has 4 rings (SSSR count). The van der Waals surface area contributed by atoms with Gasteiger partial charge in [-0.05, 0) is 48.4 Å². The van der Waals surface area contributed by atoms with Crippen molar-refractivity contribution < 1.29 is 4.79 Å². The number of rotatable bonds is 5. The highest BCUT2D eigenvalue weighted by Crippen LogP contribution is 2.24. The van der Waals surface area contributed by atoms with Crippen LogP contribution < -0.4 is 10.6 Å². The van der Waals surface area contributed by atoms with Crippen LogP contribution in [-0.4, -0.2) is 15.9 Å². The van der Waals surface area contributed by atoms with Gasteiger partial charge in [-0.2, -0.15) is 0 Å². The number of anilines is 3. The predicted octanol–water partition coefficient (Wildman–Crippen LogP) is 5.19. The van der Waals surface area contributed by atoms with Gasteiger partial charge in [-0.3, -0.25) is 4.79 Å². The molecule has 0 bridgehead atoms. The Labute approximate surface area is 163 Å². The molecule has 5 nitrogen and oxygen atoms in total. The molecule has 0 saturated carbocycles. The third-order valence-corrected chi connectivity index (χ3v) is 4.44. The van der Waals surface area contributed by atoms with Gasteiger partial charge >= 0.3 is 0 Å². The number of carbonyl (C=O) groups is 1. The number of carbonyl (C=O) groups excluding carboxylic acids is 1. The molecule has 1 aromatic heterocycles. The summed E-state index contributed by atoms with van der Waals surface area (Å²) < 4.78 is 0. The Hall–Kier alpha value is -3.73. The van der Waals surface area contributed by atoms with Crippen molar-refractivity contribution in [2.24, 2.45) is 0 Å². The number of para-hydroxylation sites is 2. The molecule has 138 valence electrons. The Balaban J connectivity index is 1.69. The maximum Gasteiger partial charge on any atom is 0.293 e. The maximum absolute atomic E-state index is 12.8. The molecular formula is C23H20N4O. The fraction of sp³-hybridized carbons (Fsp3) is 0.0870. The van der Waals surface area contributed by atoms with E-state index in [2.05, 4.69) is 27.5 Å². The first-order valence-electron chi connectivity index (χ1n) is 9.22. The van der Waals surface area contributed by atoms with Gasteiger partial charge in [0.05, 0.1) is 5.52 Å². The van der Waals surface area contributed by atoms with E-state index in [1.165, 1.54) is 0 Å². The minimum absolute atomic E-state index is 0.124. The molecule has 28 heavy (non-hydrogen) atoms. The van der Waals surface area contributed by atoms with E-state index >= 15 is 0 Å². The molecule has 5 heteroatoms. The smallest absolute Gasteiger partial charge is 0.293 e. The standard InChI is InChI=1S/C23H20N4O/c1-2-16-9-8-12-18(15-16)25-23(28)22-26-20-14-7-6-13-19(20)21(27-22)24-17-10-4-3-5-11-17/h3-15H,2H2,1H3,(H,25,28)(H,24,26,27). The van der Waals surface area contributed by atoms with E-state index in [0.29, 0.717) is 11.3 Å². The Morgan fingerprint density at radius 1 is 0.857 bits per heavy atom. The first kappa shape index (κ1) is 17.7. The fourth-order valence-corrected chi connectivity index (χ4v) is 2.99. The highest BCUT2D eigenvalue weighted by atomic mass is 16.2. The van der Waals surface area contributed by atoms with Gasteiger partial charge in [-0.25, -0.2) is 9.97 Å². The van der Waals surface area contributed by atoms with Crippen LogP contribution in [-0.2, 0) is 6.42 Å². The zero-order valence-electron chi connectivity index (χ0n) is 15.5. The zero-order valence-corrected chi connectivity index (χ0v) is 15.5. The van der Waals surface area contributed by atoms with E-state index in [9.17, 15) is 4.79 Å². The summed E-state index contributed by atoms with van der Waals surface area (Å²) in [5.41, 5.74) is 3.50. The van der Waals surface area contributed by atoms with Crippen molar-refractivity contribution in [1.29, 1.82) is 0 Å². The zero-order chi connectivity index (χ0) is 19.3. The first-order chi connectivity index (χ1) is 13.7. The number of aryl methyl sites for hydroxylation is 1. The number of fused-ring (bicyclic) bond motifs is 1. The molecule has 0 radical (unpaired) electrons. The van der Waals surface area contributed by atoms with Gasteiger partial charge in [0, 0.05) is 16.8 Å². The van der Waals surface area contributed by atoms with Crippen LogP contribution in [0.4, 0.5) is 17.2 Å². The quantitative estimate of drug-likeness (QED) is 0.509. The Morgan fingerprint density at radius 3 is 2.43 bits per heavy atom. The topological polar surface area (TPSA) is 66.9 Å². The van der Waals surface area contributed by atoms with Crippen molar-refractivity contribution in [2.75, 3.05) is 10.6 Å². The molecule has 0 unspecified atom stereocenters. The van der Waals surface area contributed by atoms with Crippen LogP contribution in [0.3, 0.4) is 0 Å². The van der Waals surface area contributed by atoms with Crippen LogP contribution in [0.25, 0.3) is 10.9 Å². The van der Waals surface area contributed by atoms with Crippen LogP contribution in [0.1, 0.15) is 23.1 Å². The molecule has 0 saturated heterocycles. The number of hydrogen-bond donors (Lipinski definition) is 2. The summed E-state index contributed by atoms with van der Waals surface area (Å²) in [6.45, 7) is 2.08. The lowest BCUT2D eigenvalue weighted by Gasteiger charge is -2.11. The van der Waals surface area contributed by atoms with Gasteiger partial charge in [0.25, 0.3) is 5.91 Å². The van der Waals surface area contributed by atoms with Crippen LogP contribution >= 0.6 is 0 Å². The van der Waals surface area contributed by atoms with E-state index in [0.717, 1.165) is 28.7 Å². The van der Waals surface area contributed by atoms with Gasteiger partial charge in [-0.1, -0.05) is 49.4 Å². The molecule has 4 aromatic rings. The summed E-state index contributed by atoms with van der Waals surface area (Å²) in [7, 11) is 0. The lowest BCUT2D eigenvalue weighted by Crippen LogP contribution is -2.16. The molecule has 1 heterocycles. The van der Waals surface area contributed by atoms with Gasteiger partial charge in [0.2, 0.25) is 5.82 Å². The second-order valence-corrected chi connectivity index (χ2v) is 6.41. The Morgan fingerprint density at radius 2 is 1.61 bits per heavy atom. The van der Waals surface area contributed by atoms with Crippen molar-refractivity contribution in [1.82, 2.24) is 9.97 Å². The van der Waals surface area contributed by atoms with Gasteiger partial charge in [0.15, 0.2) is 0 Å². The monoisotopic (exact) mass is 368 g/mol. The largest absolute Gasteiger partial charge is 0.340 e. The molecular weight excluding hydrogens is 348 g/mol. The van der Waals surface area contributed by atoms with Crippen LogP contribution in [0.2, 0.25) is 0 Å². The van der Waals surface area contributed by atoms with Crippen molar-refractivity contribution in [2.45, 2.75) is 13.3 Å². The molecule has 3 aromatic carbocycles. The normalized spacial score (nSPS) is 10.6. The third-order valence-electron chi connectivity index (χ3n) is 4.44. The number of amides is 1. The summed E-state index contributed by atoms with van der Waals surface area (Å²) >= 11 is 0. The molecule has 0 aliphatic heterocycles. The number of hydrogen-bond acceptors (Lipinski definition) is 4. The van der Waals surface area contributed by atoms with Crippen molar-refractivity contribution in [3.8, 4) is 0 Å². The van der Waals surface area contributed by atoms with E-state index in [1.807, 2.05) is 78.9 Å². The minimum atomic E-state index is -0.338. The SMILES string of the molecule is CCc1cccc(NC(=O)c2nc(Nc3ccccc3)c3ccccc3n2)c1. The first-order valence-corrected chi connectivity index (χ1v) is 9.22. The second-order valence-electron chi connectivity index (χ2n) is 6.41. The number of aromatic nitrogens is 2.